The summed E-state index contributed by atoms with van der Waals surface area (Å²) in [6.45, 7) is 2.87. The number of carbonyl (C=O) groups is 2. The van der Waals surface area contributed by atoms with Gasteiger partial charge in [-0.2, -0.15) is 0 Å². The van der Waals surface area contributed by atoms with E-state index in [1.165, 1.54) is 5.56 Å². The number of carbonyl (C=O) groups excluding carboxylic acids is 2. The van der Waals surface area contributed by atoms with Gasteiger partial charge in [0.05, 0.1) is 12.2 Å². The summed E-state index contributed by atoms with van der Waals surface area (Å²) in [5.41, 5.74) is 5.18. The molecule has 1 aliphatic heterocycles. The van der Waals surface area contributed by atoms with E-state index in [0.29, 0.717) is 29.4 Å². The quantitative estimate of drug-likeness (QED) is 0.301. The zero-order chi connectivity index (χ0) is 25.8. The Morgan fingerprint density at radius 2 is 1.57 bits per heavy atom. The number of halogens is 1. The van der Waals surface area contributed by atoms with Gasteiger partial charge >= 0.3 is 0 Å². The third kappa shape index (κ3) is 5.74. The van der Waals surface area contributed by atoms with E-state index in [0.717, 1.165) is 22.4 Å². The maximum absolute atomic E-state index is 13.4. The summed E-state index contributed by atoms with van der Waals surface area (Å²) in [5, 5.41) is 3.56. The number of para-hydroxylation sites is 2. The molecule has 0 unspecified atom stereocenters. The van der Waals surface area contributed by atoms with Gasteiger partial charge in [0, 0.05) is 17.1 Å². The van der Waals surface area contributed by atoms with Gasteiger partial charge in [0.2, 0.25) is 0 Å². The van der Waals surface area contributed by atoms with Crippen LogP contribution in [0.5, 0.6) is 5.75 Å². The SMILES string of the molecule is Cc1ccc(CN2C(=O)C(=Cc3ccc(C(=O)NCc4ccc(Cl)cc4)cc3)Oc3ccccc32)cc1. The maximum Gasteiger partial charge on any atom is 0.294 e. The maximum atomic E-state index is 13.4. The van der Waals surface area contributed by atoms with Crippen LogP contribution in [-0.2, 0) is 17.9 Å². The van der Waals surface area contributed by atoms with Gasteiger partial charge in [-0.1, -0.05) is 77.8 Å². The highest BCUT2D eigenvalue weighted by atomic mass is 35.5. The lowest BCUT2D eigenvalue weighted by Crippen LogP contribution is -2.36. The van der Waals surface area contributed by atoms with E-state index in [1.54, 1.807) is 47.4 Å². The lowest BCUT2D eigenvalue weighted by atomic mass is 10.1. The first-order chi connectivity index (χ1) is 18.0. The minimum atomic E-state index is -0.218. The molecule has 4 aromatic rings. The first kappa shape index (κ1) is 24.3. The Morgan fingerprint density at radius 1 is 0.892 bits per heavy atom. The molecule has 1 N–H and O–H groups in total. The molecule has 5 rings (SSSR count). The molecule has 0 atom stereocenters. The van der Waals surface area contributed by atoms with Crippen LogP contribution in [-0.4, -0.2) is 11.8 Å². The number of fused-ring (bicyclic) bond motifs is 1. The van der Waals surface area contributed by atoms with E-state index < -0.39 is 0 Å². The van der Waals surface area contributed by atoms with Crippen molar-refractivity contribution in [3.8, 4) is 5.75 Å². The predicted molar refractivity (Wildman–Crippen MR) is 146 cm³/mol. The Morgan fingerprint density at radius 3 is 2.30 bits per heavy atom. The zero-order valence-corrected chi connectivity index (χ0v) is 21.0. The topological polar surface area (TPSA) is 58.6 Å². The standard InChI is InChI=1S/C31H25ClN2O3/c1-21-6-8-24(9-7-21)20-34-27-4-2-3-5-28(27)37-29(31(34)36)18-22-10-14-25(15-11-22)30(35)33-19-23-12-16-26(32)17-13-23/h2-18H,19-20H2,1H3,(H,33,35). The summed E-state index contributed by atoms with van der Waals surface area (Å²) in [7, 11) is 0. The summed E-state index contributed by atoms with van der Waals surface area (Å²) >= 11 is 5.91. The van der Waals surface area contributed by atoms with Crippen LogP contribution in [0, 0.1) is 6.92 Å². The molecule has 4 aromatic carbocycles. The van der Waals surface area contributed by atoms with Crippen molar-refractivity contribution in [3.63, 3.8) is 0 Å². The first-order valence-corrected chi connectivity index (χ1v) is 12.3. The molecular weight excluding hydrogens is 484 g/mol. The minimum Gasteiger partial charge on any atom is -0.449 e. The summed E-state index contributed by atoms with van der Waals surface area (Å²) in [5.74, 6) is 0.450. The van der Waals surface area contributed by atoms with Crippen LogP contribution in [0.15, 0.2) is 103 Å². The van der Waals surface area contributed by atoms with Crippen molar-refractivity contribution in [2.75, 3.05) is 4.90 Å². The fraction of sp³-hybridized carbons (Fsp3) is 0.0968. The van der Waals surface area contributed by atoms with E-state index in [2.05, 4.69) is 5.32 Å². The van der Waals surface area contributed by atoms with E-state index >= 15 is 0 Å². The number of hydrogen-bond donors (Lipinski definition) is 1. The summed E-state index contributed by atoms with van der Waals surface area (Å²) in [6, 6.07) is 30.0. The summed E-state index contributed by atoms with van der Waals surface area (Å²) < 4.78 is 5.99. The van der Waals surface area contributed by atoms with Crippen molar-refractivity contribution in [2.45, 2.75) is 20.0 Å². The second-order valence-electron chi connectivity index (χ2n) is 8.89. The van der Waals surface area contributed by atoms with Crippen molar-refractivity contribution >= 4 is 35.2 Å². The molecule has 2 amide bonds. The molecule has 184 valence electrons. The molecular formula is C31H25ClN2O3. The lowest BCUT2D eigenvalue weighted by molar-refractivity contribution is -0.117. The van der Waals surface area contributed by atoms with Gasteiger partial charge in [0.15, 0.2) is 11.5 Å². The number of rotatable bonds is 6. The number of benzene rings is 4. The van der Waals surface area contributed by atoms with Crippen molar-refractivity contribution < 1.29 is 14.3 Å². The number of amides is 2. The number of hydrogen-bond acceptors (Lipinski definition) is 3. The molecule has 0 spiro atoms. The van der Waals surface area contributed by atoms with Gasteiger partial charge in [0.25, 0.3) is 11.8 Å². The second kappa shape index (κ2) is 10.7. The van der Waals surface area contributed by atoms with E-state index in [4.69, 9.17) is 16.3 Å². The van der Waals surface area contributed by atoms with Crippen molar-refractivity contribution in [2.24, 2.45) is 0 Å². The molecule has 0 aromatic heterocycles. The van der Waals surface area contributed by atoms with Crippen LogP contribution in [0.4, 0.5) is 5.69 Å². The molecule has 1 aliphatic rings. The smallest absolute Gasteiger partial charge is 0.294 e. The van der Waals surface area contributed by atoms with Crippen LogP contribution >= 0.6 is 11.6 Å². The number of nitrogens with zero attached hydrogens (tertiary/aromatic N) is 1. The third-order valence-electron chi connectivity index (χ3n) is 6.13. The molecule has 0 radical (unpaired) electrons. The van der Waals surface area contributed by atoms with E-state index in [-0.39, 0.29) is 17.6 Å². The summed E-state index contributed by atoms with van der Waals surface area (Å²) in [4.78, 5) is 27.7. The van der Waals surface area contributed by atoms with Crippen LogP contribution in [0.3, 0.4) is 0 Å². The monoisotopic (exact) mass is 508 g/mol. The van der Waals surface area contributed by atoms with Crippen molar-refractivity contribution in [3.05, 3.63) is 136 Å². The Kier molecular flexibility index (Phi) is 7.06. The molecule has 0 bridgehead atoms. The van der Waals surface area contributed by atoms with Crippen LogP contribution < -0.4 is 15.0 Å². The third-order valence-corrected chi connectivity index (χ3v) is 6.38. The normalized spacial score (nSPS) is 13.7. The fourth-order valence-corrected chi connectivity index (χ4v) is 4.19. The van der Waals surface area contributed by atoms with Gasteiger partial charge < -0.3 is 10.1 Å². The van der Waals surface area contributed by atoms with Crippen molar-refractivity contribution in [1.82, 2.24) is 5.32 Å². The van der Waals surface area contributed by atoms with Crippen LogP contribution in [0.2, 0.25) is 5.02 Å². The van der Waals surface area contributed by atoms with Crippen LogP contribution in [0.25, 0.3) is 6.08 Å². The van der Waals surface area contributed by atoms with E-state index in [1.807, 2.05) is 67.6 Å². The number of aryl methyl sites for hydroxylation is 1. The second-order valence-corrected chi connectivity index (χ2v) is 9.32. The highest BCUT2D eigenvalue weighted by Gasteiger charge is 2.30. The zero-order valence-electron chi connectivity index (χ0n) is 20.3. The molecule has 1 heterocycles. The predicted octanol–water partition coefficient (Wildman–Crippen LogP) is 6.55. The largest absolute Gasteiger partial charge is 0.449 e. The van der Waals surface area contributed by atoms with Gasteiger partial charge in [0.1, 0.15) is 0 Å². The average molecular weight is 509 g/mol. The fourth-order valence-electron chi connectivity index (χ4n) is 4.06. The molecule has 0 fully saturated rings. The van der Waals surface area contributed by atoms with Crippen LogP contribution in [0.1, 0.15) is 32.6 Å². The number of anilines is 1. The molecule has 0 aliphatic carbocycles. The first-order valence-electron chi connectivity index (χ1n) is 11.9. The van der Waals surface area contributed by atoms with E-state index in [9.17, 15) is 9.59 Å². The highest BCUT2D eigenvalue weighted by molar-refractivity contribution is 6.30. The Labute approximate surface area is 221 Å². The van der Waals surface area contributed by atoms with Gasteiger partial charge in [-0.3, -0.25) is 14.5 Å². The molecule has 37 heavy (non-hydrogen) atoms. The average Bonchev–Trinajstić information content (AvgIpc) is 2.92. The Bertz CT molecular complexity index is 1460. The van der Waals surface area contributed by atoms with Gasteiger partial charge in [-0.15, -0.1) is 0 Å². The van der Waals surface area contributed by atoms with Crippen molar-refractivity contribution in [1.29, 1.82) is 0 Å². The Balaban J connectivity index is 1.32. The van der Waals surface area contributed by atoms with Gasteiger partial charge in [-0.25, -0.2) is 0 Å². The molecule has 0 saturated heterocycles. The molecule has 5 nitrogen and oxygen atoms in total. The lowest BCUT2D eigenvalue weighted by Gasteiger charge is -2.30. The molecule has 6 heteroatoms. The minimum absolute atomic E-state index is 0.183. The number of nitrogens with one attached hydrogen (secondary N) is 1. The van der Waals surface area contributed by atoms with Gasteiger partial charge in [-0.05, 0) is 66.1 Å². The summed E-state index contributed by atoms with van der Waals surface area (Å²) in [6.07, 6.45) is 1.70. The Hall–Kier alpha value is -4.35. The molecule has 0 saturated carbocycles. The number of ether oxygens (including phenoxy) is 1. The highest BCUT2D eigenvalue weighted by Crippen LogP contribution is 2.36.